The van der Waals surface area contributed by atoms with E-state index in [9.17, 15) is 8.42 Å². The molecular formula is C11H10N4O2S2. The van der Waals surface area contributed by atoms with Crippen molar-refractivity contribution in [1.82, 2.24) is 14.9 Å². The molecule has 0 saturated heterocycles. The lowest BCUT2D eigenvalue weighted by molar-refractivity contribution is 0.593. The quantitative estimate of drug-likeness (QED) is 0.656. The summed E-state index contributed by atoms with van der Waals surface area (Å²) in [5.74, 6) is 2.81. The molecular weight excluding hydrogens is 284 g/mol. The van der Waals surface area contributed by atoms with E-state index in [1.54, 1.807) is 18.2 Å². The Morgan fingerprint density at radius 2 is 2.11 bits per heavy atom. The lowest BCUT2D eigenvalue weighted by atomic mass is 10.4. The van der Waals surface area contributed by atoms with E-state index in [2.05, 4.69) is 20.9 Å². The van der Waals surface area contributed by atoms with Gasteiger partial charge < -0.3 is 0 Å². The smallest absolute Gasteiger partial charge is 0.213 e. The summed E-state index contributed by atoms with van der Waals surface area (Å²) in [5.41, 5.74) is 0. The van der Waals surface area contributed by atoms with E-state index in [-0.39, 0.29) is 4.90 Å². The molecule has 2 rings (SSSR count). The molecule has 0 fully saturated rings. The molecule has 0 spiro atoms. The van der Waals surface area contributed by atoms with Gasteiger partial charge in [0.15, 0.2) is 0 Å². The van der Waals surface area contributed by atoms with E-state index in [4.69, 9.17) is 6.42 Å². The molecule has 0 unspecified atom stereocenters. The number of thioether (sulfide) groups is 1. The first-order valence-corrected chi connectivity index (χ1v) is 7.64. The minimum atomic E-state index is -3.66. The van der Waals surface area contributed by atoms with Crippen LogP contribution >= 0.6 is 11.8 Å². The van der Waals surface area contributed by atoms with E-state index in [1.807, 2.05) is 0 Å². The summed E-state index contributed by atoms with van der Waals surface area (Å²) in [7, 11) is -3.66. The topological polar surface area (TPSA) is 76.9 Å². The summed E-state index contributed by atoms with van der Waals surface area (Å²) in [6, 6.07) is 8.04. The number of rotatable bonds is 5. The average molecular weight is 294 g/mol. The molecule has 0 aliphatic carbocycles. The maximum absolute atomic E-state index is 12.1. The highest BCUT2D eigenvalue weighted by molar-refractivity contribution is 7.99. The molecule has 1 aromatic heterocycles. The number of sulfonamides is 1. The Kier molecular flexibility index (Phi) is 4.09. The van der Waals surface area contributed by atoms with Crippen molar-refractivity contribution in [2.24, 2.45) is 0 Å². The van der Waals surface area contributed by atoms with Crippen LogP contribution in [0.15, 0.2) is 46.7 Å². The van der Waals surface area contributed by atoms with Crippen molar-refractivity contribution >= 4 is 21.8 Å². The van der Waals surface area contributed by atoms with Crippen LogP contribution in [-0.2, 0) is 10.0 Å². The van der Waals surface area contributed by atoms with Gasteiger partial charge in [-0.3, -0.25) is 0 Å². The van der Waals surface area contributed by atoms with E-state index in [0.717, 1.165) is 0 Å². The Balaban J connectivity index is 2.22. The van der Waals surface area contributed by atoms with Crippen LogP contribution in [-0.4, -0.2) is 29.0 Å². The van der Waals surface area contributed by atoms with Crippen molar-refractivity contribution in [3.8, 4) is 12.3 Å². The first-order valence-electron chi connectivity index (χ1n) is 5.17. The van der Waals surface area contributed by atoms with E-state index >= 15 is 0 Å². The minimum absolute atomic E-state index is 0.164. The van der Waals surface area contributed by atoms with Crippen molar-refractivity contribution in [3.63, 3.8) is 0 Å². The molecule has 0 atom stereocenters. The molecule has 0 amide bonds. The average Bonchev–Trinajstić information content (AvgIpc) is 2.84. The normalized spacial score (nSPS) is 10.9. The lowest BCUT2D eigenvalue weighted by Crippen LogP contribution is -2.23. The van der Waals surface area contributed by atoms with Gasteiger partial charge in [-0.2, -0.15) is 8.42 Å². The third-order valence-electron chi connectivity index (χ3n) is 2.07. The van der Waals surface area contributed by atoms with Crippen molar-refractivity contribution < 1.29 is 8.42 Å². The largest absolute Gasteiger partial charge is 0.275 e. The molecule has 1 heterocycles. The van der Waals surface area contributed by atoms with Crippen LogP contribution in [0.25, 0.3) is 0 Å². The van der Waals surface area contributed by atoms with Gasteiger partial charge in [-0.15, -0.1) is 16.6 Å². The van der Waals surface area contributed by atoms with Gasteiger partial charge in [0.25, 0.3) is 10.0 Å². The lowest BCUT2D eigenvalue weighted by Gasteiger charge is -2.09. The summed E-state index contributed by atoms with van der Waals surface area (Å²) in [5, 5.41) is 7.82. The maximum atomic E-state index is 12.1. The molecule has 0 saturated carbocycles. The number of benzene rings is 1. The Morgan fingerprint density at radius 1 is 1.37 bits per heavy atom. The van der Waals surface area contributed by atoms with Crippen molar-refractivity contribution in [3.05, 3.63) is 36.7 Å². The van der Waals surface area contributed by atoms with Gasteiger partial charge in [0.2, 0.25) is 5.16 Å². The number of aromatic nitrogens is 3. The predicted octanol–water partition coefficient (Wildman–Crippen LogP) is 0.936. The van der Waals surface area contributed by atoms with Crippen LogP contribution in [0.5, 0.6) is 0 Å². The third kappa shape index (κ3) is 3.27. The van der Waals surface area contributed by atoms with Crippen LogP contribution in [0.3, 0.4) is 0 Å². The maximum Gasteiger partial charge on any atom is 0.275 e. The number of hydrogen-bond acceptors (Lipinski definition) is 5. The SMILES string of the molecule is C#CCSc1nncn1NS(=O)(=O)c1ccccc1. The standard InChI is InChI=1S/C11H10N4O2S2/c1-2-8-18-11-13-12-9-15(11)14-19(16,17)10-6-4-3-5-7-10/h1,3-7,9,14H,8H2. The monoisotopic (exact) mass is 294 g/mol. The number of nitrogens with one attached hydrogen (secondary N) is 1. The minimum Gasteiger partial charge on any atom is -0.213 e. The van der Waals surface area contributed by atoms with Gasteiger partial charge in [-0.05, 0) is 12.1 Å². The second-order valence-electron chi connectivity index (χ2n) is 3.38. The molecule has 0 aliphatic heterocycles. The number of nitrogens with zero attached hydrogens (tertiary/aromatic N) is 3. The third-order valence-corrected chi connectivity index (χ3v) is 4.25. The summed E-state index contributed by atoms with van der Waals surface area (Å²) >= 11 is 1.22. The van der Waals surface area contributed by atoms with Crippen LogP contribution in [0.4, 0.5) is 0 Å². The van der Waals surface area contributed by atoms with E-state index in [0.29, 0.717) is 10.9 Å². The van der Waals surface area contributed by atoms with Crippen LogP contribution in [0.2, 0.25) is 0 Å². The highest BCUT2D eigenvalue weighted by Gasteiger charge is 2.15. The number of hydrogen-bond donors (Lipinski definition) is 1. The molecule has 98 valence electrons. The molecule has 0 bridgehead atoms. The predicted molar refractivity (Wildman–Crippen MR) is 72.6 cm³/mol. The fraction of sp³-hybridized carbons (Fsp3) is 0.0909. The molecule has 0 radical (unpaired) electrons. The van der Waals surface area contributed by atoms with Crippen LogP contribution in [0, 0.1) is 12.3 Å². The molecule has 6 nitrogen and oxygen atoms in total. The Hall–Kier alpha value is -1.98. The summed E-state index contributed by atoms with van der Waals surface area (Å²) in [6.45, 7) is 0. The van der Waals surface area contributed by atoms with Crippen LogP contribution in [0.1, 0.15) is 0 Å². The second kappa shape index (κ2) is 5.77. The van der Waals surface area contributed by atoms with E-state index < -0.39 is 10.0 Å². The fourth-order valence-electron chi connectivity index (χ4n) is 1.27. The molecule has 1 aromatic carbocycles. The Bertz CT molecular complexity index is 689. The van der Waals surface area contributed by atoms with Gasteiger partial charge in [-0.25, -0.2) is 9.51 Å². The molecule has 0 aliphatic rings. The summed E-state index contributed by atoms with van der Waals surface area (Å²) in [4.78, 5) is 2.53. The summed E-state index contributed by atoms with van der Waals surface area (Å²) in [6.07, 6.45) is 6.42. The van der Waals surface area contributed by atoms with Gasteiger partial charge in [-0.1, -0.05) is 35.9 Å². The summed E-state index contributed by atoms with van der Waals surface area (Å²) < 4.78 is 25.4. The number of terminal acetylenes is 1. The molecule has 8 heteroatoms. The fourth-order valence-corrected chi connectivity index (χ4v) is 2.89. The molecule has 2 aromatic rings. The Morgan fingerprint density at radius 3 is 2.79 bits per heavy atom. The van der Waals surface area contributed by atoms with E-state index in [1.165, 1.54) is 34.9 Å². The van der Waals surface area contributed by atoms with Gasteiger partial charge in [0.05, 0.1) is 10.6 Å². The highest BCUT2D eigenvalue weighted by Crippen LogP contribution is 2.14. The highest BCUT2D eigenvalue weighted by atomic mass is 32.2. The van der Waals surface area contributed by atoms with Crippen molar-refractivity contribution in [2.75, 3.05) is 10.6 Å². The van der Waals surface area contributed by atoms with Gasteiger partial charge >= 0.3 is 0 Å². The zero-order valence-corrected chi connectivity index (χ0v) is 11.4. The zero-order chi connectivity index (χ0) is 13.7. The first-order chi connectivity index (χ1) is 9.13. The van der Waals surface area contributed by atoms with Gasteiger partial charge in [0, 0.05) is 0 Å². The van der Waals surface area contributed by atoms with Crippen molar-refractivity contribution in [2.45, 2.75) is 10.1 Å². The second-order valence-corrected chi connectivity index (χ2v) is 5.99. The molecule has 19 heavy (non-hydrogen) atoms. The molecule has 1 N–H and O–H groups in total. The van der Waals surface area contributed by atoms with Crippen molar-refractivity contribution in [1.29, 1.82) is 0 Å². The Labute approximate surface area is 115 Å². The van der Waals surface area contributed by atoms with Gasteiger partial charge in [0.1, 0.15) is 6.33 Å². The first kappa shape index (κ1) is 13.5. The zero-order valence-electron chi connectivity index (χ0n) is 9.72. The van der Waals surface area contributed by atoms with Crippen LogP contribution < -0.4 is 4.83 Å².